The van der Waals surface area contributed by atoms with E-state index in [1.54, 1.807) is 10.9 Å². The molecule has 0 radical (unpaired) electrons. The number of amides is 2. The first kappa shape index (κ1) is 15.7. The standard InChI is InChI=1S/C16H23N5O2/c1-11-13-8-12(9-17-14(13)21(2)20-11)19-15(22)18-10-16(23)6-4-3-5-7-16/h8-9,23H,3-7,10H2,1-2H3,(H2,18,19,22). The summed E-state index contributed by atoms with van der Waals surface area (Å²) in [6, 6.07) is 1.53. The minimum atomic E-state index is -0.766. The van der Waals surface area contributed by atoms with Gasteiger partial charge >= 0.3 is 6.03 Å². The van der Waals surface area contributed by atoms with Crippen LogP contribution in [0.3, 0.4) is 0 Å². The molecule has 0 bridgehead atoms. The number of fused-ring (bicyclic) bond motifs is 1. The normalized spacial score (nSPS) is 17.2. The lowest BCUT2D eigenvalue weighted by atomic mass is 9.85. The van der Waals surface area contributed by atoms with Crippen molar-refractivity contribution >= 4 is 22.8 Å². The highest BCUT2D eigenvalue weighted by Crippen LogP contribution is 2.27. The maximum absolute atomic E-state index is 12.0. The number of nitrogens with zero attached hydrogens (tertiary/aromatic N) is 3. The van der Waals surface area contributed by atoms with Crippen LogP contribution in [0.4, 0.5) is 10.5 Å². The van der Waals surface area contributed by atoms with Crippen molar-refractivity contribution in [2.45, 2.75) is 44.6 Å². The molecule has 3 rings (SSSR count). The van der Waals surface area contributed by atoms with Crippen LogP contribution >= 0.6 is 0 Å². The van der Waals surface area contributed by atoms with E-state index in [9.17, 15) is 9.90 Å². The van der Waals surface area contributed by atoms with Gasteiger partial charge in [0.05, 0.1) is 23.2 Å². The zero-order valence-electron chi connectivity index (χ0n) is 13.6. The molecule has 0 aromatic carbocycles. The van der Waals surface area contributed by atoms with Crippen molar-refractivity contribution in [2.75, 3.05) is 11.9 Å². The number of pyridine rings is 1. The number of aromatic nitrogens is 3. The number of hydrogen-bond donors (Lipinski definition) is 3. The van der Waals surface area contributed by atoms with Gasteiger partial charge in [-0.15, -0.1) is 0 Å². The minimum absolute atomic E-state index is 0.278. The van der Waals surface area contributed by atoms with E-state index >= 15 is 0 Å². The molecule has 1 aliphatic rings. The third-order valence-electron chi connectivity index (χ3n) is 4.48. The molecule has 1 aliphatic carbocycles. The molecule has 2 aromatic heterocycles. The van der Waals surface area contributed by atoms with Crippen molar-refractivity contribution in [1.29, 1.82) is 0 Å². The summed E-state index contributed by atoms with van der Waals surface area (Å²) in [7, 11) is 1.84. The molecule has 2 heterocycles. The second-order valence-electron chi connectivity index (χ2n) is 6.40. The van der Waals surface area contributed by atoms with E-state index in [2.05, 4.69) is 20.7 Å². The predicted molar refractivity (Wildman–Crippen MR) is 88.3 cm³/mol. The van der Waals surface area contributed by atoms with E-state index in [1.165, 1.54) is 0 Å². The largest absolute Gasteiger partial charge is 0.388 e. The van der Waals surface area contributed by atoms with Crippen LogP contribution in [-0.4, -0.2) is 38.0 Å². The van der Waals surface area contributed by atoms with Gasteiger partial charge in [-0.05, 0) is 25.8 Å². The molecule has 0 unspecified atom stereocenters. The van der Waals surface area contributed by atoms with E-state index in [0.29, 0.717) is 5.69 Å². The SMILES string of the molecule is Cc1nn(C)c2ncc(NC(=O)NCC3(O)CCCCC3)cc12. The van der Waals surface area contributed by atoms with Crippen molar-refractivity contribution < 1.29 is 9.90 Å². The van der Waals surface area contributed by atoms with Gasteiger partial charge in [-0.2, -0.15) is 5.10 Å². The third kappa shape index (κ3) is 3.44. The average Bonchev–Trinajstić information content (AvgIpc) is 2.81. The topological polar surface area (TPSA) is 92.1 Å². The van der Waals surface area contributed by atoms with Gasteiger partial charge < -0.3 is 15.7 Å². The Morgan fingerprint density at radius 1 is 1.39 bits per heavy atom. The number of carbonyl (C=O) groups excluding carboxylic acids is 1. The van der Waals surface area contributed by atoms with Crippen LogP contribution in [0.25, 0.3) is 11.0 Å². The van der Waals surface area contributed by atoms with Crippen LogP contribution in [0.1, 0.15) is 37.8 Å². The molecular formula is C16H23N5O2. The van der Waals surface area contributed by atoms with Crippen LogP contribution in [0.5, 0.6) is 0 Å². The maximum Gasteiger partial charge on any atom is 0.319 e. The smallest absolute Gasteiger partial charge is 0.319 e. The molecule has 3 N–H and O–H groups in total. The Labute approximate surface area is 135 Å². The van der Waals surface area contributed by atoms with E-state index < -0.39 is 5.60 Å². The Balaban J connectivity index is 1.62. The number of nitrogens with one attached hydrogen (secondary N) is 2. The van der Waals surface area contributed by atoms with Crippen molar-refractivity contribution in [2.24, 2.45) is 7.05 Å². The summed E-state index contributed by atoms with van der Waals surface area (Å²) in [5.74, 6) is 0. The molecule has 2 amide bonds. The molecule has 0 saturated heterocycles. The van der Waals surface area contributed by atoms with Gasteiger partial charge in [0.15, 0.2) is 5.65 Å². The van der Waals surface area contributed by atoms with E-state index in [1.807, 2.05) is 20.0 Å². The fourth-order valence-electron chi connectivity index (χ4n) is 3.18. The van der Waals surface area contributed by atoms with Gasteiger partial charge in [0.2, 0.25) is 0 Å². The van der Waals surface area contributed by atoms with E-state index in [4.69, 9.17) is 0 Å². The fraction of sp³-hybridized carbons (Fsp3) is 0.562. The maximum atomic E-state index is 12.0. The van der Waals surface area contributed by atoms with Crippen molar-refractivity contribution in [3.63, 3.8) is 0 Å². The molecule has 124 valence electrons. The zero-order valence-corrected chi connectivity index (χ0v) is 13.6. The van der Waals surface area contributed by atoms with Crippen molar-refractivity contribution in [3.05, 3.63) is 18.0 Å². The molecule has 0 atom stereocenters. The van der Waals surface area contributed by atoms with E-state index in [0.717, 1.165) is 48.8 Å². The highest BCUT2D eigenvalue weighted by molar-refractivity contribution is 5.92. The lowest BCUT2D eigenvalue weighted by Gasteiger charge is -2.32. The average molecular weight is 317 g/mol. The molecule has 1 fully saturated rings. The first-order valence-corrected chi connectivity index (χ1v) is 8.03. The fourth-order valence-corrected chi connectivity index (χ4v) is 3.18. The molecule has 2 aromatic rings. The summed E-state index contributed by atoms with van der Waals surface area (Å²) in [5, 5.41) is 21.2. The molecule has 0 aliphatic heterocycles. The number of carbonyl (C=O) groups is 1. The summed E-state index contributed by atoms with van der Waals surface area (Å²) < 4.78 is 1.72. The Hall–Kier alpha value is -2.15. The number of aryl methyl sites for hydroxylation is 2. The van der Waals surface area contributed by atoms with Gasteiger partial charge in [-0.25, -0.2) is 9.78 Å². The highest BCUT2D eigenvalue weighted by atomic mass is 16.3. The highest BCUT2D eigenvalue weighted by Gasteiger charge is 2.29. The Kier molecular flexibility index (Phi) is 4.21. The van der Waals surface area contributed by atoms with Gasteiger partial charge in [-0.1, -0.05) is 19.3 Å². The molecule has 23 heavy (non-hydrogen) atoms. The Morgan fingerprint density at radius 3 is 2.87 bits per heavy atom. The lowest BCUT2D eigenvalue weighted by Crippen LogP contribution is -2.45. The molecular weight excluding hydrogens is 294 g/mol. The molecule has 1 saturated carbocycles. The first-order valence-electron chi connectivity index (χ1n) is 8.03. The summed E-state index contributed by atoms with van der Waals surface area (Å²) >= 11 is 0. The summed E-state index contributed by atoms with van der Waals surface area (Å²) in [4.78, 5) is 16.4. The Morgan fingerprint density at radius 2 is 2.13 bits per heavy atom. The van der Waals surface area contributed by atoms with Crippen molar-refractivity contribution in [1.82, 2.24) is 20.1 Å². The summed E-state index contributed by atoms with van der Waals surface area (Å²) in [6.45, 7) is 2.19. The second-order valence-corrected chi connectivity index (χ2v) is 6.40. The van der Waals surface area contributed by atoms with Gasteiger partial charge in [-0.3, -0.25) is 4.68 Å². The number of hydrogen-bond acceptors (Lipinski definition) is 4. The first-order chi connectivity index (χ1) is 11.0. The number of urea groups is 1. The monoisotopic (exact) mass is 317 g/mol. The lowest BCUT2D eigenvalue weighted by molar-refractivity contribution is 0.00755. The predicted octanol–water partition coefficient (Wildman–Crippen LogP) is 2.09. The molecule has 7 nitrogen and oxygen atoms in total. The molecule has 7 heteroatoms. The van der Waals surface area contributed by atoms with Crippen LogP contribution in [0, 0.1) is 6.92 Å². The Bertz CT molecular complexity index is 719. The number of rotatable bonds is 3. The van der Waals surface area contributed by atoms with E-state index in [-0.39, 0.29) is 12.6 Å². The van der Waals surface area contributed by atoms with Crippen LogP contribution < -0.4 is 10.6 Å². The number of anilines is 1. The zero-order chi connectivity index (χ0) is 16.4. The summed E-state index contributed by atoms with van der Waals surface area (Å²) in [5.41, 5.74) is 1.50. The third-order valence-corrected chi connectivity index (χ3v) is 4.48. The van der Waals surface area contributed by atoms with Crippen LogP contribution in [0.2, 0.25) is 0 Å². The molecule has 0 spiro atoms. The minimum Gasteiger partial charge on any atom is -0.388 e. The van der Waals surface area contributed by atoms with Crippen LogP contribution in [-0.2, 0) is 7.05 Å². The van der Waals surface area contributed by atoms with Gasteiger partial charge in [0.25, 0.3) is 0 Å². The number of aliphatic hydroxyl groups is 1. The quantitative estimate of drug-likeness (QED) is 0.808. The second kappa shape index (κ2) is 6.16. The summed E-state index contributed by atoms with van der Waals surface area (Å²) in [6.07, 6.45) is 6.29. The van der Waals surface area contributed by atoms with Crippen molar-refractivity contribution in [3.8, 4) is 0 Å². The van der Waals surface area contributed by atoms with Crippen LogP contribution in [0.15, 0.2) is 12.3 Å². The van der Waals surface area contributed by atoms with Gasteiger partial charge in [0, 0.05) is 19.0 Å². The van der Waals surface area contributed by atoms with Gasteiger partial charge in [0.1, 0.15) is 0 Å².